The third-order valence-corrected chi connectivity index (χ3v) is 5.03. The van der Waals surface area contributed by atoms with Crippen molar-refractivity contribution in [3.8, 4) is 0 Å². The second-order valence-corrected chi connectivity index (χ2v) is 6.67. The molecule has 0 fully saturated rings. The monoisotopic (exact) mass is 293 g/mol. The normalized spacial score (nSPS) is 13.1. The molecule has 1 N–H and O–H groups in total. The van der Waals surface area contributed by atoms with Crippen LogP contribution in [0.3, 0.4) is 0 Å². The Morgan fingerprint density at radius 1 is 1.40 bits per heavy atom. The van der Waals surface area contributed by atoms with Gasteiger partial charge in [-0.05, 0) is 12.8 Å². The number of fused-ring (bicyclic) bond motifs is 1. The van der Waals surface area contributed by atoms with Crippen LogP contribution in [0, 0.1) is 12.8 Å². The summed E-state index contributed by atoms with van der Waals surface area (Å²) in [5, 5.41) is 14.9. The maximum absolute atomic E-state index is 11.5. The van der Waals surface area contributed by atoms with E-state index in [4.69, 9.17) is 0 Å². The smallest absolute Gasteiger partial charge is 0.338 e. The molecule has 2 aromatic rings. The molecule has 1 atom stereocenters. The first-order valence-corrected chi connectivity index (χ1v) is 7.43. The number of carboxylic acids is 1. The zero-order chi connectivity index (χ0) is 15.0. The molecule has 0 aromatic carbocycles. The molecule has 0 saturated heterocycles. The molecule has 6 heteroatoms. The van der Waals surface area contributed by atoms with E-state index in [-0.39, 0.29) is 5.56 Å². The van der Waals surface area contributed by atoms with Crippen LogP contribution in [0.15, 0.2) is 11.1 Å². The summed E-state index contributed by atoms with van der Waals surface area (Å²) in [6, 6.07) is 0. The SMILES string of the molecule is Cc1nn(C)c2ncc(C(=O)O)c(SC(C)C(C)C)c12. The van der Waals surface area contributed by atoms with Crippen LogP contribution in [-0.4, -0.2) is 31.1 Å². The molecular formula is C14H19N3O2S. The Labute approximate surface area is 122 Å². The maximum Gasteiger partial charge on any atom is 0.338 e. The first kappa shape index (κ1) is 14.8. The standard InChI is InChI=1S/C14H19N3O2S/c1-7(2)9(4)20-12-10(14(18)19)6-15-13-11(12)8(3)16-17(13)5/h6-7,9H,1-5H3,(H,18,19). The molecule has 2 rings (SSSR count). The third kappa shape index (κ3) is 2.52. The Kier molecular flexibility index (Phi) is 4.04. The summed E-state index contributed by atoms with van der Waals surface area (Å²) >= 11 is 1.59. The first-order chi connectivity index (χ1) is 9.32. The topological polar surface area (TPSA) is 68.0 Å². The summed E-state index contributed by atoms with van der Waals surface area (Å²) in [5.74, 6) is -0.483. The van der Waals surface area contributed by atoms with Crippen molar-refractivity contribution in [1.29, 1.82) is 0 Å². The highest BCUT2D eigenvalue weighted by atomic mass is 32.2. The minimum absolute atomic E-state index is 0.256. The number of thioether (sulfide) groups is 1. The lowest BCUT2D eigenvalue weighted by atomic mass is 10.1. The number of carbonyl (C=O) groups is 1. The summed E-state index contributed by atoms with van der Waals surface area (Å²) in [4.78, 5) is 16.5. The number of hydrogen-bond acceptors (Lipinski definition) is 4. The van der Waals surface area contributed by atoms with Gasteiger partial charge in [0.05, 0.1) is 16.6 Å². The second kappa shape index (κ2) is 5.44. The zero-order valence-corrected chi connectivity index (χ0v) is 13.2. The average molecular weight is 293 g/mol. The minimum Gasteiger partial charge on any atom is -0.478 e. The van der Waals surface area contributed by atoms with E-state index in [0.29, 0.717) is 11.2 Å². The molecule has 0 aliphatic heterocycles. The summed E-state index contributed by atoms with van der Waals surface area (Å²) in [7, 11) is 1.82. The van der Waals surface area contributed by atoms with Crippen molar-refractivity contribution < 1.29 is 9.90 Å². The number of aromatic carboxylic acids is 1. The number of aryl methyl sites for hydroxylation is 2. The van der Waals surface area contributed by atoms with Gasteiger partial charge in [-0.25, -0.2) is 9.78 Å². The molecule has 0 amide bonds. The molecule has 0 aliphatic rings. The number of carboxylic acid groups (broad SMARTS) is 1. The third-order valence-electron chi connectivity index (χ3n) is 3.45. The lowest BCUT2D eigenvalue weighted by molar-refractivity contribution is 0.0693. The molecule has 20 heavy (non-hydrogen) atoms. The number of pyridine rings is 1. The molecule has 1 unspecified atom stereocenters. The number of hydrogen-bond donors (Lipinski definition) is 1. The summed E-state index contributed by atoms with van der Waals surface area (Å²) < 4.78 is 1.69. The highest BCUT2D eigenvalue weighted by Crippen LogP contribution is 2.36. The highest BCUT2D eigenvalue weighted by Gasteiger charge is 2.22. The Balaban J connectivity index is 2.68. The molecule has 2 heterocycles. The van der Waals surface area contributed by atoms with Gasteiger partial charge < -0.3 is 5.11 Å². The van der Waals surface area contributed by atoms with Gasteiger partial charge in [0.25, 0.3) is 0 Å². The van der Waals surface area contributed by atoms with Crippen LogP contribution in [-0.2, 0) is 7.05 Å². The number of rotatable bonds is 4. The van der Waals surface area contributed by atoms with Gasteiger partial charge in [-0.2, -0.15) is 5.10 Å². The van der Waals surface area contributed by atoms with Gasteiger partial charge in [0.15, 0.2) is 5.65 Å². The molecule has 108 valence electrons. The fourth-order valence-corrected chi connectivity index (χ4v) is 3.24. The lowest BCUT2D eigenvalue weighted by Crippen LogP contribution is -2.08. The second-order valence-electron chi connectivity index (χ2n) is 5.28. The molecule has 0 aliphatic carbocycles. The van der Waals surface area contributed by atoms with Crippen molar-refractivity contribution in [2.24, 2.45) is 13.0 Å². The van der Waals surface area contributed by atoms with Crippen LogP contribution in [0.25, 0.3) is 11.0 Å². The van der Waals surface area contributed by atoms with Gasteiger partial charge in [-0.15, -0.1) is 11.8 Å². The van der Waals surface area contributed by atoms with E-state index in [2.05, 4.69) is 30.9 Å². The first-order valence-electron chi connectivity index (χ1n) is 6.55. The fraction of sp³-hybridized carbons (Fsp3) is 0.500. The average Bonchev–Trinajstić information content (AvgIpc) is 2.65. The minimum atomic E-state index is -0.943. The van der Waals surface area contributed by atoms with Gasteiger partial charge in [0.1, 0.15) is 0 Å². The predicted molar refractivity (Wildman–Crippen MR) is 80.4 cm³/mol. The Morgan fingerprint density at radius 3 is 2.60 bits per heavy atom. The fourth-order valence-electron chi connectivity index (χ4n) is 1.98. The highest BCUT2D eigenvalue weighted by molar-refractivity contribution is 8.00. The molecule has 5 nitrogen and oxygen atoms in total. The Morgan fingerprint density at radius 2 is 2.05 bits per heavy atom. The van der Waals surface area contributed by atoms with Crippen molar-refractivity contribution in [3.05, 3.63) is 17.5 Å². The molecule has 0 radical (unpaired) electrons. The molecular weight excluding hydrogens is 274 g/mol. The summed E-state index contributed by atoms with van der Waals surface area (Å²) in [6.07, 6.45) is 1.43. The van der Waals surface area contributed by atoms with Gasteiger partial charge >= 0.3 is 5.97 Å². The van der Waals surface area contributed by atoms with E-state index in [9.17, 15) is 9.90 Å². The van der Waals surface area contributed by atoms with Gasteiger partial charge in [0.2, 0.25) is 0 Å². The van der Waals surface area contributed by atoms with E-state index in [0.717, 1.165) is 21.6 Å². The Hall–Kier alpha value is -1.56. The maximum atomic E-state index is 11.5. The van der Waals surface area contributed by atoms with E-state index in [1.165, 1.54) is 6.20 Å². The largest absolute Gasteiger partial charge is 0.478 e. The molecule has 0 spiro atoms. The summed E-state index contributed by atoms with van der Waals surface area (Å²) in [6.45, 7) is 8.26. The van der Waals surface area contributed by atoms with Crippen LogP contribution >= 0.6 is 11.8 Å². The van der Waals surface area contributed by atoms with E-state index in [1.54, 1.807) is 16.4 Å². The van der Waals surface area contributed by atoms with Crippen LogP contribution in [0.1, 0.15) is 36.8 Å². The van der Waals surface area contributed by atoms with Gasteiger partial charge in [-0.1, -0.05) is 20.8 Å². The zero-order valence-electron chi connectivity index (χ0n) is 12.3. The van der Waals surface area contributed by atoms with Crippen molar-refractivity contribution >= 4 is 28.8 Å². The van der Waals surface area contributed by atoms with Crippen LogP contribution in [0.4, 0.5) is 0 Å². The van der Waals surface area contributed by atoms with Crippen LogP contribution in [0.2, 0.25) is 0 Å². The van der Waals surface area contributed by atoms with E-state index in [1.807, 2.05) is 14.0 Å². The van der Waals surface area contributed by atoms with Crippen molar-refractivity contribution in [1.82, 2.24) is 14.8 Å². The van der Waals surface area contributed by atoms with E-state index < -0.39 is 5.97 Å². The van der Waals surface area contributed by atoms with Crippen molar-refractivity contribution in [2.45, 2.75) is 37.8 Å². The van der Waals surface area contributed by atoms with Crippen LogP contribution in [0.5, 0.6) is 0 Å². The molecule has 0 saturated carbocycles. The van der Waals surface area contributed by atoms with Crippen molar-refractivity contribution in [2.75, 3.05) is 0 Å². The van der Waals surface area contributed by atoms with Crippen molar-refractivity contribution in [3.63, 3.8) is 0 Å². The molecule has 0 bridgehead atoms. The predicted octanol–water partition coefficient (Wildman–Crippen LogP) is 3.11. The van der Waals surface area contributed by atoms with E-state index >= 15 is 0 Å². The summed E-state index contributed by atoms with van der Waals surface area (Å²) in [5.41, 5.74) is 1.80. The number of aromatic nitrogens is 3. The molecule has 2 aromatic heterocycles. The quantitative estimate of drug-likeness (QED) is 0.877. The van der Waals surface area contributed by atoms with Gasteiger partial charge in [0, 0.05) is 23.4 Å². The number of nitrogens with zero attached hydrogens (tertiary/aromatic N) is 3. The lowest BCUT2D eigenvalue weighted by Gasteiger charge is -2.17. The Bertz CT molecular complexity index is 664. The van der Waals surface area contributed by atoms with Crippen LogP contribution < -0.4 is 0 Å². The van der Waals surface area contributed by atoms with Gasteiger partial charge in [-0.3, -0.25) is 4.68 Å².